The molecular weight excluding hydrogens is 310 g/mol. The number of nitrogens with zero attached hydrogens (tertiary/aromatic N) is 3. The molecule has 22 heavy (non-hydrogen) atoms. The first-order chi connectivity index (χ1) is 10.3. The predicted molar refractivity (Wildman–Crippen MR) is 77.8 cm³/mol. The quantitative estimate of drug-likeness (QED) is 0.759. The average molecular weight is 325 g/mol. The zero-order valence-corrected chi connectivity index (χ0v) is 13.1. The zero-order chi connectivity index (χ0) is 16.3. The Hall–Kier alpha value is -2.42. The van der Waals surface area contributed by atoms with Crippen molar-refractivity contribution in [3.63, 3.8) is 0 Å². The molecule has 8 nitrogen and oxygen atoms in total. The minimum Gasteiger partial charge on any atom is -0.452 e. The Balaban J connectivity index is 2.19. The molecular formula is C13H15N3O5S. The van der Waals surface area contributed by atoms with Crippen molar-refractivity contribution in [2.75, 3.05) is 17.6 Å². The molecule has 0 bridgehead atoms. The maximum absolute atomic E-state index is 12.1. The topological polar surface area (TPSA) is 103 Å². The Morgan fingerprint density at radius 1 is 1.36 bits per heavy atom. The number of esters is 1. The Bertz CT molecular complexity index is 784. The number of rotatable bonds is 5. The Morgan fingerprint density at radius 3 is 2.64 bits per heavy atom. The molecule has 0 radical (unpaired) electrons. The number of carbonyl (C=O) groups excluding carboxylic acids is 1. The lowest BCUT2D eigenvalue weighted by molar-refractivity contribution is 0.0431. The van der Waals surface area contributed by atoms with Gasteiger partial charge in [-0.2, -0.15) is 4.98 Å². The summed E-state index contributed by atoms with van der Waals surface area (Å²) in [4.78, 5) is 16.1. The molecule has 0 aliphatic heterocycles. The summed E-state index contributed by atoms with van der Waals surface area (Å²) in [6.45, 7) is 1.46. The largest absolute Gasteiger partial charge is 0.452 e. The minimum absolute atomic E-state index is 0.131. The Kier molecular flexibility index (Phi) is 4.45. The molecule has 0 unspecified atom stereocenters. The van der Waals surface area contributed by atoms with Crippen molar-refractivity contribution in [3.05, 3.63) is 41.5 Å². The van der Waals surface area contributed by atoms with Crippen LogP contribution >= 0.6 is 0 Å². The molecule has 0 fully saturated rings. The molecule has 0 amide bonds. The summed E-state index contributed by atoms with van der Waals surface area (Å²) < 4.78 is 34.2. The number of benzene rings is 1. The maximum Gasteiger partial charge on any atom is 0.340 e. The van der Waals surface area contributed by atoms with E-state index in [9.17, 15) is 13.2 Å². The number of ether oxygens (including phenoxy) is 1. The number of carbonyl (C=O) groups is 1. The smallest absolute Gasteiger partial charge is 0.340 e. The number of sulfonamides is 1. The van der Waals surface area contributed by atoms with Gasteiger partial charge in [0.05, 0.1) is 17.5 Å². The summed E-state index contributed by atoms with van der Waals surface area (Å²) >= 11 is 0. The standard InChI is InChI=1S/C13H15N3O5S/c1-9-14-12(21-15-9)8-20-13(17)10-6-4-5-7-11(10)16(2)22(3,18)19/h4-7H,8H2,1-3H3. The third-order valence-corrected chi connectivity index (χ3v) is 4.05. The molecule has 1 aromatic heterocycles. The molecule has 0 atom stereocenters. The van der Waals surface area contributed by atoms with Gasteiger partial charge in [0.15, 0.2) is 12.4 Å². The Morgan fingerprint density at radius 2 is 2.05 bits per heavy atom. The summed E-state index contributed by atoms with van der Waals surface area (Å²) in [5.74, 6) is -0.0787. The molecule has 9 heteroatoms. The summed E-state index contributed by atoms with van der Waals surface area (Å²) in [7, 11) is -2.13. The molecule has 118 valence electrons. The second kappa shape index (κ2) is 6.14. The molecule has 0 aliphatic carbocycles. The van der Waals surface area contributed by atoms with Crippen LogP contribution in [0.15, 0.2) is 28.8 Å². The van der Waals surface area contributed by atoms with Gasteiger partial charge in [0.2, 0.25) is 10.0 Å². The van der Waals surface area contributed by atoms with Crippen LogP contribution in [0.2, 0.25) is 0 Å². The summed E-state index contributed by atoms with van der Waals surface area (Å²) in [6.07, 6.45) is 1.05. The average Bonchev–Trinajstić information content (AvgIpc) is 2.88. The zero-order valence-electron chi connectivity index (χ0n) is 12.3. The fourth-order valence-corrected chi connectivity index (χ4v) is 2.22. The number of para-hydroxylation sites is 1. The fraction of sp³-hybridized carbons (Fsp3) is 0.308. The van der Waals surface area contributed by atoms with Crippen LogP contribution in [0.3, 0.4) is 0 Å². The highest BCUT2D eigenvalue weighted by Gasteiger charge is 2.20. The summed E-state index contributed by atoms with van der Waals surface area (Å²) in [5, 5.41) is 3.58. The molecule has 0 spiro atoms. The van der Waals surface area contributed by atoms with E-state index in [2.05, 4.69) is 10.1 Å². The van der Waals surface area contributed by atoms with Crippen molar-refractivity contribution in [1.82, 2.24) is 10.1 Å². The van der Waals surface area contributed by atoms with E-state index in [-0.39, 0.29) is 23.7 Å². The minimum atomic E-state index is -3.49. The van der Waals surface area contributed by atoms with Crippen molar-refractivity contribution in [1.29, 1.82) is 0 Å². The normalized spacial score (nSPS) is 11.2. The van der Waals surface area contributed by atoms with Crippen LogP contribution in [0.1, 0.15) is 22.1 Å². The van der Waals surface area contributed by atoms with E-state index in [1.807, 2.05) is 0 Å². The molecule has 0 aliphatic rings. The van der Waals surface area contributed by atoms with Crippen molar-refractivity contribution < 1.29 is 22.5 Å². The highest BCUT2D eigenvalue weighted by atomic mass is 32.2. The van der Waals surface area contributed by atoms with E-state index in [0.29, 0.717) is 5.82 Å². The summed E-state index contributed by atoms with van der Waals surface area (Å²) in [5.41, 5.74) is 0.364. The second-order valence-corrected chi connectivity index (χ2v) is 6.57. The Labute approximate surface area is 127 Å². The van der Waals surface area contributed by atoms with Crippen LogP contribution < -0.4 is 4.31 Å². The number of hydrogen-bond donors (Lipinski definition) is 0. The SMILES string of the molecule is Cc1noc(COC(=O)c2ccccc2N(C)S(C)(=O)=O)n1. The first kappa shape index (κ1) is 16.0. The van der Waals surface area contributed by atoms with E-state index in [1.165, 1.54) is 19.2 Å². The van der Waals surface area contributed by atoms with Crippen LogP contribution in [0, 0.1) is 6.92 Å². The van der Waals surface area contributed by atoms with Gasteiger partial charge in [0.1, 0.15) is 0 Å². The van der Waals surface area contributed by atoms with E-state index < -0.39 is 16.0 Å². The third kappa shape index (κ3) is 3.61. The number of anilines is 1. The lowest BCUT2D eigenvalue weighted by Crippen LogP contribution is -2.26. The molecule has 2 aromatic rings. The maximum atomic E-state index is 12.1. The molecule has 1 aromatic carbocycles. The lowest BCUT2D eigenvalue weighted by Gasteiger charge is -2.19. The van der Waals surface area contributed by atoms with Gasteiger partial charge in [-0.15, -0.1) is 0 Å². The first-order valence-electron chi connectivity index (χ1n) is 6.28. The lowest BCUT2D eigenvalue weighted by atomic mass is 10.2. The highest BCUT2D eigenvalue weighted by Crippen LogP contribution is 2.22. The van der Waals surface area contributed by atoms with Gasteiger partial charge in [-0.25, -0.2) is 13.2 Å². The predicted octanol–water partition coefficient (Wildman–Crippen LogP) is 1.13. The van der Waals surface area contributed by atoms with Crippen LogP contribution in [-0.2, 0) is 21.4 Å². The van der Waals surface area contributed by atoms with Crippen molar-refractivity contribution in [2.24, 2.45) is 0 Å². The number of aryl methyl sites for hydroxylation is 1. The monoisotopic (exact) mass is 325 g/mol. The number of hydrogen-bond acceptors (Lipinski definition) is 7. The first-order valence-corrected chi connectivity index (χ1v) is 8.13. The third-order valence-electron chi connectivity index (χ3n) is 2.86. The van der Waals surface area contributed by atoms with Crippen LogP contribution in [0.4, 0.5) is 5.69 Å². The number of aromatic nitrogens is 2. The van der Waals surface area contributed by atoms with Gasteiger partial charge in [-0.05, 0) is 19.1 Å². The van der Waals surface area contributed by atoms with Gasteiger partial charge >= 0.3 is 5.97 Å². The molecule has 0 saturated carbocycles. The van der Waals surface area contributed by atoms with Crippen molar-refractivity contribution in [2.45, 2.75) is 13.5 Å². The molecule has 0 saturated heterocycles. The van der Waals surface area contributed by atoms with E-state index in [1.54, 1.807) is 19.1 Å². The van der Waals surface area contributed by atoms with Crippen LogP contribution in [-0.4, -0.2) is 37.8 Å². The van der Waals surface area contributed by atoms with E-state index in [4.69, 9.17) is 9.26 Å². The molecule has 2 rings (SSSR count). The van der Waals surface area contributed by atoms with Gasteiger partial charge in [0, 0.05) is 7.05 Å². The molecule has 1 heterocycles. The van der Waals surface area contributed by atoms with Crippen LogP contribution in [0.5, 0.6) is 0 Å². The van der Waals surface area contributed by atoms with Gasteiger partial charge in [-0.3, -0.25) is 4.31 Å². The second-order valence-electron chi connectivity index (χ2n) is 4.56. The molecule has 0 N–H and O–H groups in total. The highest BCUT2D eigenvalue weighted by molar-refractivity contribution is 7.92. The fourth-order valence-electron chi connectivity index (χ4n) is 1.70. The van der Waals surface area contributed by atoms with E-state index >= 15 is 0 Å². The van der Waals surface area contributed by atoms with Gasteiger partial charge in [-0.1, -0.05) is 17.3 Å². The van der Waals surface area contributed by atoms with Crippen molar-refractivity contribution >= 4 is 21.7 Å². The van der Waals surface area contributed by atoms with Gasteiger partial charge in [0.25, 0.3) is 5.89 Å². The summed E-state index contributed by atoms with van der Waals surface area (Å²) in [6, 6.07) is 6.26. The van der Waals surface area contributed by atoms with Crippen LogP contribution in [0.25, 0.3) is 0 Å². The van der Waals surface area contributed by atoms with Gasteiger partial charge < -0.3 is 9.26 Å². The van der Waals surface area contributed by atoms with Crippen molar-refractivity contribution in [3.8, 4) is 0 Å². The van der Waals surface area contributed by atoms with E-state index in [0.717, 1.165) is 10.6 Å².